The lowest BCUT2D eigenvalue weighted by atomic mass is 9.52. The van der Waals surface area contributed by atoms with E-state index in [1.165, 1.54) is 0 Å². The van der Waals surface area contributed by atoms with Crippen LogP contribution >= 0.6 is 0 Å². The van der Waals surface area contributed by atoms with Gasteiger partial charge in [0.1, 0.15) is 23.9 Å². The number of fused-ring (bicyclic) bond motifs is 2. The molecule has 9 heteroatoms. The first-order valence-electron chi connectivity index (χ1n) is 15.3. The normalized spacial score (nSPS) is 41.0. The molecular formula is C31H47NO8. The molecular weight excluding hydrogens is 514 g/mol. The minimum atomic E-state index is -1.34. The summed E-state index contributed by atoms with van der Waals surface area (Å²) in [6.45, 7) is 15.8. The van der Waals surface area contributed by atoms with Crippen molar-refractivity contribution in [2.24, 2.45) is 29.6 Å². The van der Waals surface area contributed by atoms with Crippen molar-refractivity contribution in [3.63, 3.8) is 0 Å². The zero-order chi connectivity index (χ0) is 29.4. The van der Waals surface area contributed by atoms with Crippen LogP contribution in [0, 0.1) is 29.6 Å². The second-order valence-electron chi connectivity index (χ2n) is 13.4. The zero-order valence-corrected chi connectivity index (χ0v) is 25.2. The van der Waals surface area contributed by atoms with Gasteiger partial charge < -0.3 is 29.4 Å². The third kappa shape index (κ3) is 4.09. The van der Waals surface area contributed by atoms with E-state index in [0.29, 0.717) is 32.3 Å². The van der Waals surface area contributed by atoms with Crippen molar-refractivity contribution in [3.05, 3.63) is 11.1 Å². The molecule has 6 rings (SSSR count). The minimum Gasteiger partial charge on any atom is -0.458 e. The first kappa shape index (κ1) is 29.5. The van der Waals surface area contributed by atoms with Crippen LogP contribution < -0.4 is 5.32 Å². The van der Waals surface area contributed by atoms with E-state index in [1.54, 1.807) is 0 Å². The standard InChI is InChI=1S/C29H41NO8.C2H6/c1-13(2)9-22(31)30-23(14(3)4)25(33)36-26-27(34,15(5)6)11-21-28(38-21)19-8-7-16-18(12-35-24(16)32)17(19)10-20-29(26,28)37-20;1-2/h13-15,17,19-21,23,26,34H,7-12H2,1-6H3,(H,30,31);1-2H3/t17?,19-,20?,21?,23?,26?,27?,28?,29?;/m1./s1. The van der Waals surface area contributed by atoms with Crippen LogP contribution in [-0.4, -0.2) is 70.7 Å². The van der Waals surface area contributed by atoms with Crippen LogP contribution in [0.4, 0.5) is 0 Å². The van der Waals surface area contributed by atoms with Gasteiger partial charge in [-0.1, -0.05) is 55.4 Å². The summed E-state index contributed by atoms with van der Waals surface area (Å²) in [7, 11) is 0. The summed E-state index contributed by atoms with van der Waals surface area (Å²) < 4.78 is 24.7. The van der Waals surface area contributed by atoms with Gasteiger partial charge in [-0.3, -0.25) is 4.79 Å². The number of nitrogens with one attached hydrogen (secondary N) is 1. The maximum atomic E-state index is 13.7. The number of epoxide rings is 2. The average Bonchev–Trinajstić information content (AvgIpc) is 3.76. The van der Waals surface area contributed by atoms with Gasteiger partial charge in [-0.25, -0.2) is 9.59 Å². The monoisotopic (exact) mass is 561 g/mol. The molecule has 3 aliphatic carbocycles. The van der Waals surface area contributed by atoms with E-state index < -0.39 is 34.9 Å². The van der Waals surface area contributed by atoms with Gasteiger partial charge in [0.2, 0.25) is 5.91 Å². The first-order chi connectivity index (χ1) is 18.9. The van der Waals surface area contributed by atoms with E-state index in [4.69, 9.17) is 18.9 Å². The summed E-state index contributed by atoms with van der Waals surface area (Å²) in [5.41, 5.74) is -1.05. The summed E-state index contributed by atoms with van der Waals surface area (Å²) in [5, 5.41) is 15.0. The molecule has 4 fully saturated rings. The Balaban J connectivity index is 0.00000158. The Morgan fingerprint density at radius 2 is 1.75 bits per heavy atom. The van der Waals surface area contributed by atoms with Gasteiger partial charge in [0.25, 0.3) is 0 Å². The predicted octanol–water partition coefficient (Wildman–Crippen LogP) is 3.46. The van der Waals surface area contributed by atoms with Crippen molar-refractivity contribution >= 4 is 17.8 Å². The number of carbonyl (C=O) groups excluding carboxylic acids is 3. The average molecular weight is 562 g/mol. The quantitative estimate of drug-likeness (QED) is 0.357. The fourth-order valence-electron chi connectivity index (χ4n) is 8.19. The van der Waals surface area contributed by atoms with Crippen molar-refractivity contribution in [3.8, 4) is 0 Å². The molecule has 2 spiro atoms. The third-order valence-corrected chi connectivity index (χ3v) is 10.2. The molecule has 0 aromatic rings. The molecule has 0 radical (unpaired) electrons. The highest BCUT2D eigenvalue weighted by atomic mass is 16.7. The molecule has 2 N–H and O–H groups in total. The summed E-state index contributed by atoms with van der Waals surface area (Å²) in [5.74, 6) is -0.978. The van der Waals surface area contributed by atoms with Gasteiger partial charge in [-0.2, -0.15) is 0 Å². The molecule has 0 aromatic heterocycles. The van der Waals surface area contributed by atoms with Crippen molar-refractivity contribution in [1.29, 1.82) is 0 Å². The Hall–Kier alpha value is -1.97. The van der Waals surface area contributed by atoms with Gasteiger partial charge in [0.15, 0.2) is 11.7 Å². The van der Waals surface area contributed by atoms with Crippen LogP contribution in [0.25, 0.3) is 0 Å². The number of hydrogen-bond donors (Lipinski definition) is 2. The number of cyclic esters (lactones) is 1. The molecule has 2 saturated heterocycles. The molecule has 3 aliphatic heterocycles. The van der Waals surface area contributed by atoms with Crippen LogP contribution in [0.2, 0.25) is 0 Å². The topological polar surface area (TPSA) is 127 Å². The summed E-state index contributed by atoms with van der Waals surface area (Å²) in [6.07, 6.45) is 1.37. The molecule has 0 bridgehead atoms. The maximum Gasteiger partial charge on any atom is 0.334 e. The number of amides is 1. The number of rotatable bonds is 7. The minimum absolute atomic E-state index is 0.101. The fourth-order valence-corrected chi connectivity index (χ4v) is 8.19. The molecule has 6 aliphatic rings. The molecule has 3 heterocycles. The molecule has 8 unspecified atom stereocenters. The summed E-state index contributed by atoms with van der Waals surface area (Å²) in [6, 6.07) is -0.833. The van der Waals surface area contributed by atoms with E-state index in [2.05, 4.69) is 5.32 Å². The second-order valence-corrected chi connectivity index (χ2v) is 13.4. The smallest absolute Gasteiger partial charge is 0.334 e. The lowest BCUT2D eigenvalue weighted by Gasteiger charge is -2.52. The van der Waals surface area contributed by atoms with Gasteiger partial charge in [0.05, 0.1) is 12.2 Å². The lowest BCUT2D eigenvalue weighted by molar-refractivity contribution is -0.203. The Kier molecular flexibility index (Phi) is 7.44. The van der Waals surface area contributed by atoms with Crippen LogP contribution in [0.15, 0.2) is 11.1 Å². The highest BCUT2D eigenvalue weighted by molar-refractivity contribution is 5.92. The predicted molar refractivity (Wildman–Crippen MR) is 146 cm³/mol. The van der Waals surface area contributed by atoms with Crippen LogP contribution in [0.1, 0.15) is 87.5 Å². The molecule has 9 nitrogen and oxygen atoms in total. The molecule has 1 amide bonds. The Morgan fingerprint density at radius 3 is 2.38 bits per heavy atom. The Bertz CT molecular complexity index is 1100. The largest absolute Gasteiger partial charge is 0.458 e. The first-order valence-corrected chi connectivity index (χ1v) is 15.3. The van der Waals surface area contributed by atoms with E-state index in [1.807, 2.05) is 55.4 Å². The maximum absolute atomic E-state index is 13.7. The lowest BCUT2D eigenvalue weighted by Crippen LogP contribution is -2.70. The van der Waals surface area contributed by atoms with Gasteiger partial charge in [-0.15, -0.1) is 0 Å². The van der Waals surface area contributed by atoms with Crippen LogP contribution in [0.3, 0.4) is 0 Å². The van der Waals surface area contributed by atoms with Crippen molar-refractivity contribution in [2.75, 3.05) is 6.61 Å². The van der Waals surface area contributed by atoms with Crippen molar-refractivity contribution < 1.29 is 38.4 Å². The molecule has 9 atom stereocenters. The summed E-state index contributed by atoms with van der Waals surface area (Å²) >= 11 is 0. The van der Waals surface area contributed by atoms with Crippen molar-refractivity contribution in [2.45, 2.75) is 129 Å². The number of aliphatic hydroxyl groups is 1. The fraction of sp³-hybridized carbons (Fsp3) is 0.839. The number of esters is 2. The van der Waals surface area contributed by atoms with E-state index >= 15 is 0 Å². The SMILES string of the molecule is CC.CC(C)CC(=O)NC(C(=O)OC1C(O)(C(C)C)CC2OC23[C@@H]2CCC4=C(COC4=O)C2CC2OC213)C(C)C. The number of hydrogen-bond acceptors (Lipinski definition) is 8. The Morgan fingerprint density at radius 1 is 1.07 bits per heavy atom. The third-order valence-electron chi connectivity index (χ3n) is 10.2. The zero-order valence-electron chi connectivity index (χ0n) is 25.2. The van der Waals surface area contributed by atoms with E-state index in [-0.39, 0.29) is 53.7 Å². The highest BCUT2D eigenvalue weighted by Crippen LogP contribution is 2.76. The Labute approximate surface area is 237 Å². The molecule has 0 aromatic carbocycles. The van der Waals surface area contributed by atoms with E-state index in [9.17, 15) is 19.5 Å². The van der Waals surface area contributed by atoms with Crippen LogP contribution in [0.5, 0.6) is 0 Å². The summed E-state index contributed by atoms with van der Waals surface area (Å²) in [4.78, 5) is 38.5. The van der Waals surface area contributed by atoms with Gasteiger partial charge in [0, 0.05) is 24.3 Å². The highest BCUT2D eigenvalue weighted by Gasteiger charge is 2.93. The van der Waals surface area contributed by atoms with E-state index in [0.717, 1.165) is 17.6 Å². The molecule has 40 heavy (non-hydrogen) atoms. The van der Waals surface area contributed by atoms with Crippen LogP contribution in [-0.2, 0) is 33.3 Å². The van der Waals surface area contributed by atoms with Gasteiger partial charge in [-0.05, 0) is 48.5 Å². The van der Waals surface area contributed by atoms with Gasteiger partial charge >= 0.3 is 11.9 Å². The number of ether oxygens (including phenoxy) is 4. The molecule has 224 valence electrons. The number of carbonyl (C=O) groups is 3. The molecule has 2 saturated carbocycles. The van der Waals surface area contributed by atoms with Crippen molar-refractivity contribution in [1.82, 2.24) is 5.32 Å². The second kappa shape index (κ2) is 10.1.